The fraction of sp³-hybridized carbons (Fsp3) is 0.188. The number of hydrogen-bond acceptors (Lipinski definition) is 2. The van der Waals surface area contributed by atoms with Crippen LogP contribution in [0.25, 0.3) is 0 Å². The lowest BCUT2D eigenvalue weighted by molar-refractivity contribution is 0.0951. The van der Waals surface area contributed by atoms with Crippen LogP contribution in [0.5, 0.6) is 5.75 Å². The van der Waals surface area contributed by atoms with E-state index in [1.165, 1.54) is 0 Å². The van der Waals surface area contributed by atoms with Gasteiger partial charge in [-0.1, -0.05) is 30.3 Å². The summed E-state index contributed by atoms with van der Waals surface area (Å²) in [6.45, 7) is 2.50. The summed E-state index contributed by atoms with van der Waals surface area (Å²) in [6, 6.07) is 15.1. The molecule has 1 amide bonds. The first-order valence-corrected chi connectivity index (χ1v) is 6.17. The fourth-order valence-electron chi connectivity index (χ4n) is 1.92. The van der Waals surface area contributed by atoms with E-state index in [0.717, 1.165) is 16.9 Å². The Labute approximate surface area is 113 Å². The van der Waals surface area contributed by atoms with Gasteiger partial charge in [-0.2, -0.15) is 0 Å². The Morgan fingerprint density at radius 2 is 1.89 bits per heavy atom. The number of carbonyl (C=O) groups excluding carboxylic acids is 1. The molecule has 0 heterocycles. The molecule has 0 aliphatic heterocycles. The highest BCUT2D eigenvalue weighted by molar-refractivity contribution is 5.94. The first-order chi connectivity index (χ1) is 9.20. The molecule has 0 aromatic heterocycles. The number of amides is 1. The maximum absolute atomic E-state index is 11.9. The summed E-state index contributed by atoms with van der Waals surface area (Å²) in [5.74, 6) is 0.798. The minimum atomic E-state index is -0.0610. The van der Waals surface area contributed by atoms with E-state index in [1.54, 1.807) is 19.2 Å². The Morgan fingerprint density at radius 1 is 1.16 bits per heavy atom. The average Bonchev–Trinajstić information content (AvgIpc) is 2.46. The van der Waals surface area contributed by atoms with Gasteiger partial charge in [-0.25, -0.2) is 0 Å². The van der Waals surface area contributed by atoms with Crippen molar-refractivity contribution < 1.29 is 9.53 Å². The highest BCUT2D eigenvalue weighted by Crippen LogP contribution is 2.18. The molecule has 3 heteroatoms. The lowest BCUT2D eigenvalue weighted by Gasteiger charge is -2.08. The highest BCUT2D eigenvalue weighted by atomic mass is 16.5. The van der Waals surface area contributed by atoms with Crippen molar-refractivity contribution in [3.05, 3.63) is 65.2 Å². The van der Waals surface area contributed by atoms with Crippen molar-refractivity contribution in [3.63, 3.8) is 0 Å². The molecule has 2 aromatic carbocycles. The van der Waals surface area contributed by atoms with E-state index in [-0.39, 0.29) is 5.91 Å². The Hall–Kier alpha value is -2.29. The Bertz CT molecular complexity index is 564. The van der Waals surface area contributed by atoms with Gasteiger partial charge in [-0.05, 0) is 36.2 Å². The zero-order chi connectivity index (χ0) is 13.7. The zero-order valence-electron chi connectivity index (χ0n) is 11.1. The van der Waals surface area contributed by atoms with Gasteiger partial charge in [0.2, 0.25) is 0 Å². The van der Waals surface area contributed by atoms with Gasteiger partial charge in [0.1, 0.15) is 5.75 Å². The first kappa shape index (κ1) is 13.1. The summed E-state index contributed by atoms with van der Waals surface area (Å²) >= 11 is 0. The highest BCUT2D eigenvalue weighted by Gasteiger charge is 2.05. The number of rotatable bonds is 4. The van der Waals surface area contributed by atoms with Gasteiger partial charge < -0.3 is 10.1 Å². The van der Waals surface area contributed by atoms with Crippen molar-refractivity contribution in [2.75, 3.05) is 7.11 Å². The van der Waals surface area contributed by atoms with Gasteiger partial charge in [-0.3, -0.25) is 4.79 Å². The van der Waals surface area contributed by atoms with Crippen molar-refractivity contribution in [2.24, 2.45) is 0 Å². The molecule has 2 aromatic rings. The van der Waals surface area contributed by atoms with E-state index in [2.05, 4.69) is 5.32 Å². The van der Waals surface area contributed by atoms with Crippen LogP contribution in [-0.2, 0) is 6.54 Å². The van der Waals surface area contributed by atoms with E-state index >= 15 is 0 Å². The molecule has 0 aliphatic rings. The number of aryl methyl sites for hydroxylation is 1. The SMILES string of the molecule is COc1ccc(CNC(=O)c2ccccc2)cc1C. The van der Waals surface area contributed by atoms with Crippen LogP contribution in [0, 0.1) is 6.92 Å². The van der Waals surface area contributed by atoms with E-state index in [9.17, 15) is 4.79 Å². The quantitative estimate of drug-likeness (QED) is 0.912. The summed E-state index contributed by atoms with van der Waals surface area (Å²) in [4.78, 5) is 11.9. The molecular formula is C16H17NO2. The number of carbonyl (C=O) groups is 1. The van der Waals surface area contributed by atoms with E-state index in [1.807, 2.05) is 43.3 Å². The summed E-state index contributed by atoms with van der Waals surface area (Å²) < 4.78 is 5.21. The van der Waals surface area contributed by atoms with Gasteiger partial charge in [0.25, 0.3) is 5.91 Å². The first-order valence-electron chi connectivity index (χ1n) is 6.17. The minimum absolute atomic E-state index is 0.0610. The van der Waals surface area contributed by atoms with Crippen LogP contribution in [-0.4, -0.2) is 13.0 Å². The van der Waals surface area contributed by atoms with Crippen molar-refractivity contribution >= 4 is 5.91 Å². The number of methoxy groups -OCH3 is 1. The van der Waals surface area contributed by atoms with Gasteiger partial charge in [0.05, 0.1) is 7.11 Å². The molecule has 0 atom stereocenters. The smallest absolute Gasteiger partial charge is 0.251 e. The predicted octanol–water partition coefficient (Wildman–Crippen LogP) is 2.93. The summed E-state index contributed by atoms with van der Waals surface area (Å²) in [5.41, 5.74) is 2.80. The average molecular weight is 255 g/mol. The van der Waals surface area contributed by atoms with Gasteiger partial charge in [0, 0.05) is 12.1 Å². The Kier molecular flexibility index (Phi) is 4.18. The maximum atomic E-state index is 11.9. The Balaban J connectivity index is 1.99. The summed E-state index contributed by atoms with van der Waals surface area (Å²) in [7, 11) is 1.65. The van der Waals surface area contributed by atoms with Crippen LogP contribution in [0.15, 0.2) is 48.5 Å². The number of benzene rings is 2. The van der Waals surface area contributed by atoms with Crippen molar-refractivity contribution in [2.45, 2.75) is 13.5 Å². The van der Waals surface area contributed by atoms with Crippen LogP contribution in [0.2, 0.25) is 0 Å². The Morgan fingerprint density at radius 3 is 2.53 bits per heavy atom. The number of ether oxygens (including phenoxy) is 1. The molecule has 0 unspecified atom stereocenters. The van der Waals surface area contributed by atoms with E-state index < -0.39 is 0 Å². The fourth-order valence-corrected chi connectivity index (χ4v) is 1.92. The summed E-state index contributed by atoms with van der Waals surface area (Å²) in [6.07, 6.45) is 0. The molecule has 98 valence electrons. The standard InChI is InChI=1S/C16H17NO2/c1-12-10-13(8-9-15(12)19-2)11-17-16(18)14-6-4-3-5-7-14/h3-10H,11H2,1-2H3,(H,17,18). The molecule has 3 nitrogen and oxygen atoms in total. The normalized spacial score (nSPS) is 10.0. The number of nitrogens with one attached hydrogen (secondary N) is 1. The zero-order valence-corrected chi connectivity index (χ0v) is 11.1. The topological polar surface area (TPSA) is 38.3 Å². The van der Waals surface area contributed by atoms with Crippen molar-refractivity contribution in [1.29, 1.82) is 0 Å². The van der Waals surface area contributed by atoms with Gasteiger partial charge >= 0.3 is 0 Å². The lowest BCUT2D eigenvalue weighted by Crippen LogP contribution is -2.22. The molecule has 0 spiro atoms. The van der Waals surface area contributed by atoms with Gasteiger partial charge in [-0.15, -0.1) is 0 Å². The van der Waals surface area contributed by atoms with Crippen LogP contribution < -0.4 is 10.1 Å². The second kappa shape index (κ2) is 6.05. The maximum Gasteiger partial charge on any atom is 0.251 e. The van der Waals surface area contributed by atoms with E-state index in [0.29, 0.717) is 12.1 Å². The van der Waals surface area contributed by atoms with Crippen LogP contribution in [0.3, 0.4) is 0 Å². The molecule has 0 saturated heterocycles. The van der Waals surface area contributed by atoms with Crippen LogP contribution >= 0.6 is 0 Å². The minimum Gasteiger partial charge on any atom is -0.496 e. The molecule has 0 saturated carbocycles. The molecule has 19 heavy (non-hydrogen) atoms. The largest absolute Gasteiger partial charge is 0.496 e. The molecule has 2 rings (SSSR count). The lowest BCUT2D eigenvalue weighted by atomic mass is 10.1. The third kappa shape index (κ3) is 3.35. The van der Waals surface area contributed by atoms with Crippen molar-refractivity contribution in [3.8, 4) is 5.75 Å². The monoisotopic (exact) mass is 255 g/mol. The third-order valence-corrected chi connectivity index (χ3v) is 2.95. The second-order valence-corrected chi connectivity index (χ2v) is 4.35. The summed E-state index contributed by atoms with van der Waals surface area (Å²) in [5, 5.41) is 2.90. The number of hydrogen-bond donors (Lipinski definition) is 1. The second-order valence-electron chi connectivity index (χ2n) is 4.35. The van der Waals surface area contributed by atoms with Crippen molar-refractivity contribution in [1.82, 2.24) is 5.32 Å². The molecule has 0 bridgehead atoms. The molecule has 1 N–H and O–H groups in total. The van der Waals surface area contributed by atoms with Crippen LogP contribution in [0.1, 0.15) is 21.5 Å². The van der Waals surface area contributed by atoms with E-state index in [4.69, 9.17) is 4.74 Å². The van der Waals surface area contributed by atoms with Gasteiger partial charge in [0.15, 0.2) is 0 Å². The molecular weight excluding hydrogens is 238 g/mol. The molecule has 0 aliphatic carbocycles. The van der Waals surface area contributed by atoms with Crippen LogP contribution in [0.4, 0.5) is 0 Å². The third-order valence-electron chi connectivity index (χ3n) is 2.95. The molecule has 0 radical (unpaired) electrons. The predicted molar refractivity (Wildman–Crippen MR) is 75.3 cm³/mol. The molecule has 0 fully saturated rings.